The number of nitrogens with zero attached hydrogens (tertiary/aromatic N) is 1. The number of amides is 1. The van der Waals surface area contributed by atoms with E-state index in [1.54, 1.807) is 26.8 Å². The van der Waals surface area contributed by atoms with E-state index < -0.39 is 28.7 Å². The third-order valence-corrected chi connectivity index (χ3v) is 3.85. The number of rotatable bonds is 3. The van der Waals surface area contributed by atoms with E-state index in [0.29, 0.717) is 0 Å². The van der Waals surface area contributed by atoms with Gasteiger partial charge in [0.1, 0.15) is 5.72 Å². The zero-order valence-electron chi connectivity index (χ0n) is 13.6. The molecule has 1 fully saturated rings. The molecule has 1 aliphatic rings. The Balaban J connectivity index is 3.29. The maximum atomic E-state index is 11.7. The van der Waals surface area contributed by atoms with E-state index in [0.717, 1.165) is 0 Å². The predicted octanol–water partition coefficient (Wildman–Crippen LogP) is 2.64. The first kappa shape index (κ1) is 17.5. The summed E-state index contributed by atoms with van der Waals surface area (Å²) in [6.45, 7) is 11.3. The lowest BCUT2D eigenvalue weighted by atomic mass is 9.72. The van der Waals surface area contributed by atoms with Crippen molar-refractivity contribution in [3.05, 3.63) is 12.2 Å². The largest absolute Gasteiger partial charge is 0.465 e. The fraction of sp³-hybridized carbons (Fsp3) is 0.733. The maximum absolute atomic E-state index is 11.7. The third kappa shape index (κ3) is 3.20. The lowest BCUT2D eigenvalue weighted by Crippen LogP contribution is -2.60. The summed E-state index contributed by atoms with van der Waals surface area (Å²) in [6, 6.07) is 0. The molecule has 0 saturated carbocycles. The van der Waals surface area contributed by atoms with E-state index in [1.807, 2.05) is 20.8 Å². The highest BCUT2D eigenvalue weighted by molar-refractivity contribution is 5.82. The van der Waals surface area contributed by atoms with Crippen molar-refractivity contribution in [2.45, 2.75) is 52.8 Å². The first-order valence-corrected chi connectivity index (χ1v) is 7.01. The Morgan fingerprint density at radius 2 is 1.95 bits per heavy atom. The highest BCUT2D eigenvalue weighted by atomic mass is 16.5. The molecule has 120 valence electrons. The second-order valence-electron chi connectivity index (χ2n) is 6.61. The van der Waals surface area contributed by atoms with Crippen LogP contribution in [0.4, 0.5) is 4.79 Å². The predicted molar refractivity (Wildman–Crippen MR) is 77.9 cm³/mol. The zero-order valence-corrected chi connectivity index (χ0v) is 13.6. The Labute approximate surface area is 125 Å². The molecule has 1 saturated heterocycles. The summed E-state index contributed by atoms with van der Waals surface area (Å²) in [5.41, 5.74) is -2.35. The molecule has 1 rings (SSSR count). The quantitative estimate of drug-likeness (QED) is 0.640. The van der Waals surface area contributed by atoms with Crippen LogP contribution < -0.4 is 0 Å². The molecule has 1 amide bonds. The van der Waals surface area contributed by atoms with E-state index >= 15 is 0 Å². The van der Waals surface area contributed by atoms with Crippen LogP contribution in [-0.2, 0) is 14.3 Å². The molecule has 1 atom stereocenters. The normalized spacial score (nSPS) is 25.3. The highest BCUT2D eigenvalue weighted by Gasteiger charge is 2.58. The standard InChI is InChI=1S/C15H25NO5/c1-7-20-11(17)8-9-15(13(2,3)4)10-21-14(5,6)16(15)12(18)19/h8-9H,7,10H2,1-6H3,(H,18,19)/t15-/m1/s1. The second kappa shape index (κ2) is 5.67. The van der Waals surface area contributed by atoms with Crippen molar-refractivity contribution in [2.24, 2.45) is 5.41 Å². The second-order valence-corrected chi connectivity index (χ2v) is 6.61. The van der Waals surface area contributed by atoms with Gasteiger partial charge in [-0.05, 0) is 32.3 Å². The highest BCUT2D eigenvalue weighted by Crippen LogP contribution is 2.46. The molecule has 0 bridgehead atoms. The van der Waals surface area contributed by atoms with Crippen LogP contribution in [0.1, 0.15) is 41.5 Å². The molecule has 1 aliphatic heterocycles. The molecule has 0 unspecified atom stereocenters. The molecular weight excluding hydrogens is 274 g/mol. The van der Waals surface area contributed by atoms with Crippen LogP contribution in [0.15, 0.2) is 12.2 Å². The number of carbonyl (C=O) groups excluding carboxylic acids is 1. The van der Waals surface area contributed by atoms with Crippen molar-refractivity contribution < 1.29 is 24.2 Å². The Hall–Kier alpha value is -1.56. The molecule has 6 nitrogen and oxygen atoms in total. The SMILES string of the molecule is CCOC(=O)C=C[C@]1(C(C)(C)C)COC(C)(C)N1C(=O)O. The number of carbonyl (C=O) groups is 2. The molecular formula is C15H25NO5. The summed E-state index contributed by atoms with van der Waals surface area (Å²) >= 11 is 0. The minimum absolute atomic E-state index is 0.186. The Bertz CT molecular complexity index is 449. The van der Waals surface area contributed by atoms with Gasteiger partial charge >= 0.3 is 12.1 Å². The molecule has 0 spiro atoms. The molecule has 0 aromatic heterocycles. The Kier molecular flexibility index (Phi) is 4.73. The summed E-state index contributed by atoms with van der Waals surface area (Å²) in [4.78, 5) is 24.6. The van der Waals surface area contributed by atoms with Crippen LogP contribution in [0.5, 0.6) is 0 Å². The number of hydrogen-bond acceptors (Lipinski definition) is 4. The van der Waals surface area contributed by atoms with Gasteiger partial charge in [-0.1, -0.05) is 20.8 Å². The van der Waals surface area contributed by atoms with Crippen LogP contribution in [0, 0.1) is 5.41 Å². The lowest BCUT2D eigenvalue weighted by molar-refractivity contribution is -0.137. The third-order valence-electron chi connectivity index (χ3n) is 3.85. The van der Waals surface area contributed by atoms with Crippen molar-refractivity contribution in [1.29, 1.82) is 0 Å². The van der Waals surface area contributed by atoms with E-state index in [9.17, 15) is 14.7 Å². The van der Waals surface area contributed by atoms with Crippen LogP contribution in [0.2, 0.25) is 0 Å². The first-order valence-electron chi connectivity index (χ1n) is 7.01. The zero-order chi connectivity index (χ0) is 16.5. The van der Waals surface area contributed by atoms with Crippen molar-refractivity contribution in [3.63, 3.8) is 0 Å². The molecule has 0 aromatic rings. The van der Waals surface area contributed by atoms with Gasteiger partial charge in [0.15, 0.2) is 0 Å². The fourth-order valence-electron chi connectivity index (χ4n) is 2.62. The van der Waals surface area contributed by atoms with Crippen LogP contribution >= 0.6 is 0 Å². The van der Waals surface area contributed by atoms with Gasteiger partial charge in [0.25, 0.3) is 0 Å². The van der Waals surface area contributed by atoms with Gasteiger partial charge in [-0.25, -0.2) is 9.59 Å². The van der Waals surface area contributed by atoms with Crippen molar-refractivity contribution in [1.82, 2.24) is 4.90 Å². The topological polar surface area (TPSA) is 76.1 Å². The van der Waals surface area contributed by atoms with Crippen LogP contribution in [0.25, 0.3) is 0 Å². The molecule has 6 heteroatoms. The van der Waals surface area contributed by atoms with Crippen LogP contribution in [0.3, 0.4) is 0 Å². The molecule has 1 N–H and O–H groups in total. The number of hydrogen-bond donors (Lipinski definition) is 1. The number of esters is 1. The number of carboxylic acid groups (broad SMARTS) is 1. The summed E-state index contributed by atoms with van der Waals surface area (Å²) in [6.07, 6.45) is 1.80. The lowest BCUT2D eigenvalue weighted by Gasteiger charge is -2.46. The Morgan fingerprint density at radius 3 is 2.38 bits per heavy atom. The minimum Gasteiger partial charge on any atom is -0.465 e. The molecule has 1 heterocycles. The van der Waals surface area contributed by atoms with Crippen LogP contribution in [-0.4, -0.2) is 46.5 Å². The van der Waals surface area contributed by atoms with E-state index in [4.69, 9.17) is 9.47 Å². The summed E-state index contributed by atoms with van der Waals surface area (Å²) in [5.74, 6) is -0.490. The van der Waals surface area contributed by atoms with Gasteiger partial charge in [-0.2, -0.15) is 0 Å². The van der Waals surface area contributed by atoms with Crippen molar-refractivity contribution in [2.75, 3.05) is 13.2 Å². The average Bonchev–Trinajstić information content (AvgIpc) is 2.59. The summed E-state index contributed by atoms with van der Waals surface area (Å²) < 4.78 is 10.6. The smallest absolute Gasteiger partial charge is 0.410 e. The minimum atomic E-state index is -1.08. The monoisotopic (exact) mass is 299 g/mol. The fourth-order valence-corrected chi connectivity index (χ4v) is 2.62. The van der Waals surface area contributed by atoms with E-state index in [2.05, 4.69) is 0 Å². The van der Waals surface area contributed by atoms with Gasteiger partial charge in [-0.15, -0.1) is 0 Å². The average molecular weight is 299 g/mol. The van der Waals surface area contributed by atoms with Gasteiger partial charge < -0.3 is 14.6 Å². The first-order chi connectivity index (χ1) is 9.48. The van der Waals surface area contributed by atoms with Gasteiger partial charge in [-0.3, -0.25) is 4.90 Å². The van der Waals surface area contributed by atoms with E-state index in [1.165, 1.54) is 11.0 Å². The molecule has 0 aromatic carbocycles. The van der Waals surface area contributed by atoms with Crippen molar-refractivity contribution >= 4 is 12.1 Å². The van der Waals surface area contributed by atoms with Gasteiger partial charge in [0, 0.05) is 6.08 Å². The molecule has 0 aliphatic carbocycles. The van der Waals surface area contributed by atoms with Gasteiger partial charge in [0.05, 0.1) is 18.8 Å². The maximum Gasteiger partial charge on any atom is 0.410 e. The summed E-state index contributed by atoms with van der Waals surface area (Å²) in [5, 5.41) is 9.61. The molecule has 21 heavy (non-hydrogen) atoms. The van der Waals surface area contributed by atoms with Crippen molar-refractivity contribution in [3.8, 4) is 0 Å². The molecule has 0 radical (unpaired) electrons. The van der Waals surface area contributed by atoms with Gasteiger partial charge in [0.2, 0.25) is 0 Å². The Morgan fingerprint density at radius 1 is 1.38 bits per heavy atom. The summed E-state index contributed by atoms with van der Waals surface area (Å²) in [7, 11) is 0. The van der Waals surface area contributed by atoms with E-state index in [-0.39, 0.29) is 13.2 Å². The number of ether oxygens (including phenoxy) is 2.